The van der Waals surface area contributed by atoms with Gasteiger partial charge in [-0.2, -0.15) is 0 Å². The van der Waals surface area contributed by atoms with Crippen LogP contribution in [0.1, 0.15) is 34.3 Å². The first-order valence-electron chi connectivity index (χ1n) is 8.64. The van der Waals surface area contributed by atoms with Gasteiger partial charge in [0.2, 0.25) is 0 Å². The number of nitrogens with zero attached hydrogens (tertiary/aromatic N) is 1. The van der Waals surface area contributed by atoms with Crippen LogP contribution in [0, 0.1) is 0 Å². The molecule has 0 saturated carbocycles. The highest BCUT2D eigenvalue weighted by atomic mass is 32.1. The number of ether oxygens (including phenoxy) is 2. The van der Waals surface area contributed by atoms with Crippen molar-refractivity contribution < 1.29 is 14.3 Å². The molecular formula is C20H20N2O3S. The summed E-state index contributed by atoms with van der Waals surface area (Å²) in [6.07, 6.45) is 4.57. The zero-order valence-electron chi connectivity index (χ0n) is 14.8. The zero-order valence-corrected chi connectivity index (χ0v) is 15.6. The molecule has 1 aliphatic carbocycles. The minimum atomic E-state index is -0.143. The molecule has 0 aliphatic heterocycles. The van der Waals surface area contributed by atoms with Gasteiger partial charge in [-0.25, -0.2) is 4.98 Å². The maximum atomic E-state index is 12.7. The summed E-state index contributed by atoms with van der Waals surface area (Å²) in [6, 6.07) is 9.64. The van der Waals surface area contributed by atoms with E-state index in [0.717, 1.165) is 17.5 Å². The summed E-state index contributed by atoms with van der Waals surface area (Å²) in [7, 11) is 3.22. The Morgan fingerprint density at radius 2 is 1.77 bits per heavy atom. The molecule has 0 bridgehead atoms. The van der Waals surface area contributed by atoms with Gasteiger partial charge in [-0.3, -0.25) is 10.1 Å². The van der Waals surface area contributed by atoms with Crippen molar-refractivity contribution in [3.63, 3.8) is 0 Å². The van der Waals surface area contributed by atoms with Gasteiger partial charge in [0.05, 0.1) is 14.2 Å². The van der Waals surface area contributed by atoms with E-state index in [1.807, 2.05) is 24.3 Å². The number of aromatic nitrogens is 1. The number of aryl methyl sites for hydroxylation is 2. The third-order valence-corrected chi connectivity index (χ3v) is 5.73. The lowest BCUT2D eigenvalue weighted by atomic mass is 9.90. The van der Waals surface area contributed by atoms with Crippen LogP contribution in [-0.4, -0.2) is 25.1 Å². The van der Waals surface area contributed by atoms with Crippen molar-refractivity contribution in [2.75, 3.05) is 19.5 Å². The molecule has 134 valence electrons. The topological polar surface area (TPSA) is 60.5 Å². The first-order valence-corrected chi connectivity index (χ1v) is 9.46. The maximum Gasteiger partial charge on any atom is 0.257 e. The van der Waals surface area contributed by atoms with Crippen molar-refractivity contribution in [1.29, 1.82) is 0 Å². The number of methoxy groups -OCH3 is 2. The number of benzene rings is 2. The zero-order chi connectivity index (χ0) is 18.1. The molecule has 3 aromatic rings. The average Bonchev–Trinajstić information content (AvgIpc) is 3.10. The lowest BCUT2D eigenvalue weighted by Crippen LogP contribution is -2.13. The molecule has 1 aromatic heterocycles. The van der Waals surface area contributed by atoms with Gasteiger partial charge in [-0.05, 0) is 61.1 Å². The minimum absolute atomic E-state index is 0.143. The molecule has 6 heteroatoms. The van der Waals surface area contributed by atoms with Crippen molar-refractivity contribution in [1.82, 2.24) is 4.98 Å². The second kappa shape index (κ2) is 6.96. The molecule has 1 N–H and O–H groups in total. The molecule has 0 unspecified atom stereocenters. The summed E-state index contributed by atoms with van der Waals surface area (Å²) in [5.41, 5.74) is 4.01. The Morgan fingerprint density at radius 3 is 2.54 bits per heavy atom. The Balaban J connectivity index is 1.63. The fraction of sp³-hybridized carbons (Fsp3) is 0.300. The first-order chi connectivity index (χ1) is 12.7. The SMILES string of the molecule is COc1ccc(OC)c2sc(NC(=O)c3ccc4c(c3)CCCC4)nc12. The Labute approximate surface area is 156 Å². The third kappa shape index (κ3) is 3.01. The van der Waals surface area contributed by atoms with E-state index >= 15 is 0 Å². The van der Waals surface area contributed by atoms with E-state index in [9.17, 15) is 4.79 Å². The molecule has 0 spiro atoms. The van der Waals surface area contributed by atoms with Crippen LogP contribution < -0.4 is 14.8 Å². The average molecular weight is 368 g/mol. The molecule has 0 saturated heterocycles. The molecule has 0 fully saturated rings. The second-order valence-corrected chi connectivity index (χ2v) is 7.31. The summed E-state index contributed by atoms with van der Waals surface area (Å²) in [5, 5.41) is 3.45. The molecular weight excluding hydrogens is 348 g/mol. The van der Waals surface area contributed by atoms with Crippen molar-refractivity contribution >= 4 is 32.6 Å². The fourth-order valence-corrected chi connectivity index (χ4v) is 4.35. The Bertz CT molecular complexity index is 940. The van der Waals surface area contributed by atoms with Crippen LogP contribution in [0.3, 0.4) is 0 Å². The fourth-order valence-electron chi connectivity index (χ4n) is 3.38. The predicted octanol–water partition coefficient (Wildman–Crippen LogP) is 4.44. The number of hydrogen-bond donors (Lipinski definition) is 1. The standard InChI is InChI=1S/C20H20N2O3S/c1-24-15-9-10-16(25-2)18-17(15)21-20(26-18)22-19(23)14-8-7-12-5-3-4-6-13(12)11-14/h7-11H,3-6H2,1-2H3,(H,21,22,23). The van der Waals surface area contributed by atoms with E-state index < -0.39 is 0 Å². The molecule has 26 heavy (non-hydrogen) atoms. The first kappa shape index (κ1) is 16.8. The Hall–Kier alpha value is -2.60. The number of amides is 1. The maximum absolute atomic E-state index is 12.7. The second-order valence-electron chi connectivity index (χ2n) is 6.31. The number of hydrogen-bond acceptors (Lipinski definition) is 5. The van der Waals surface area contributed by atoms with Crippen molar-refractivity contribution in [2.24, 2.45) is 0 Å². The number of thiazole rings is 1. The lowest BCUT2D eigenvalue weighted by molar-refractivity contribution is 0.102. The quantitative estimate of drug-likeness (QED) is 0.739. The van der Waals surface area contributed by atoms with E-state index in [4.69, 9.17) is 9.47 Å². The van der Waals surface area contributed by atoms with Gasteiger partial charge in [0, 0.05) is 5.56 Å². The van der Waals surface area contributed by atoms with Gasteiger partial charge in [0.1, 0.15) is 21.7 Å². The van der Waals surface area contributed by atoms with E-state index in [1.165, 1.54) is 35.3 Å². The van der Waals surface area contributed by atoms with Crippen LogP contribution in [0.5, 0.6) is 11.5 Å². The summed E-state index contributed by atoms with van der Waals surface area (Å²) in [4.78, 5) is 17.2. The van der Waals surface area contributed by atoms with Crippen LogP contribution in [-0.2, 0) is 12.8 Å². The predicted molar refractivity (Wildman–Crippen MR) is 104 cm³/mol. The number of nitrogens with one attached hydrogen (secondary N) is 1. The summed E-state index contributed by atoms with van der Waals surface area (Å²) >= 11 is 1.38. The molecule has 1 aliphatic rings. The smallest absolute Gasteiger partial charge is 0.257 e. The van der Waals surface area contributed by atoms with Crippen LogP contribution in [0.15, 0.2) is 30.3 Å². The van der Waals surface area contributed by atoms with Crippen molar-refractivity contribution in [3.05, 3.63) is 47.0 Å². The number of fused-ring (bicyclic) bond motifs is 2. The highest BCUT2D eigenvalue weighted by Gasteiger charge is 2.17. The van der Waals surface area contributed by atoms with Gasteiger partial charge in [0.25, 0.3) is 5.91 Å². The van der Waals surface area contributed by atoms with Gasteiger partial charge >= 0.3 is 0 Å². The highest BCUT2D eigenvalue weighted by Crippen LogP contribution is 2.39. The number of rotatable bonds is 4. The van der Waals surface area contributed by atoms with Gasteiger partial charge in [0.15, 0.2) is 5.13 Å². The third-order valence-electron chi connectivity index (χ3n) is 4.74. The van der Waals surface area contributed by atoms with Crippen molar-refractivity contribution in [2.45, 2.75) is 25.7 Å². The van der Waals surface area contributed by atoms with Gasteiger partial charge in [-0.1, -0.05) is 17.4 Å². The Kier molecular flexibility index (Phi) is 4.51. The Morgan fingerprint density at radius 1 is 1.04 bits per heavy atom. The lowest BCUT2D eigenvalue weighted by Gasteiger charge is -2.16. The molecule has 4 rings (SSSR count). The number of carbonyl (C=O) groups is 1. The molecule has 2 aromatic carbocycles. The van der Waals surface area contributed by atoms with Crippen LogP contribution >= 0.6 is 11.3 Å². The van der Waals surface area contributed by atoms with E-state index in [2.05, 4.69) is 16.4 Å². The van der Waals surface area contributed by atoms with Gasteiger partial charge < -0.3 is 9.47 Å². The molecule has 0 radical (unpaired) electrons. The largest absolute Gasteiger partial charge is 0.495 e. The molecule has 0 atom stereocenters. The summed E-state index contributed by atoms with van der Waals surface area (Å²) in [5.74, 6) is 1.23. The molecule has 5 nitrogen and oxygen atoms in total. The van der Waals surface area contributed by atoms with E-state index in [1.54, 1.807) is 14.2 Å². The summed E-state index contributed by atoms with van der Waals surface area (Å²) < 4.78 is 11.6. The molecule has 1 heterocycles. The minimum Gasteiger partial charge on any atom is -0.495 e. The normalized spacial score (nSPS) is 13.3. The van der Waals surface area contributed by atoms with Gasteiger partial charge in [-0.15, -0.1) is 0 Å². The number of anilines is 1. The monoisotopic (exact) mass is 368 g/mol. The van der Waals surface area contributed by atoms with E-state index in [-0.39, 0.29) is 5.91 Å². The van der Waals surface area contributed by atoms with Crippen LogP contribution in [0.25, 0.3) is 10.2 Å². The van der Waals surface area contributed by atoms with Crippen LogP contribution in [0.2, 0.25) is 0 Å². The van der Waals surface area contributed by atoms with Crippen LogP contribution in [0.4, 0.5) is 5.13 Å². The van der Waals surface area contributed by atoms with Crippen molar-refractivity contribution in [3.8, 4) is 11.5 Å². The highest BCUT2D eigenvalue weighted by molar-refractivity contribution is 7.22. The van der Waals surface area contributed by atoms with E-state index in [0.29, 0.717) is 27.7 Å². The summed E-state index contributed by atoms with van der Waals surface area (Å²) in [6.45, 7) is 0. The molecule has 1 amide bonds. The number of carbonyl (C=O) groups excluding carboxylic acids is 1.